The number of nitrogens with two attached hydrogens (primary N) is 1. The van der Waals surface area contributed by atoms with Gasteiger partial charge in [0.1, 0.15) is 11.5 Å². The summed E-state index contributed by atoms with van der Waals surface area (Å²) in [6, 6.07) is 6.82. The Morgan fingerprint density at radius 2 is 1.50 bits per heavy atom. The number of phenols is 1. The molecule has 1 aromatic carbocycles. The second-order valence-corrected chi connectivity index (χ2v) is 5.49. The van der Waals surface area contributed by atoms with E-state index in [2.05, 4.69) is 5.43 Å². The second-order valence-electron chi connectivity index (χ2n) is 5.49. The second kappa shape index (κ2) is 11.9. The molecular formula is C17H28N2O3. The van der Waals surface area contributed by atoms with Gasteiger partial charge in [0.05, 0.1) is 6.61 Å². The number of carbonyl (C=O) groups excluding carboxylic acids is 1. The number of hydrogen-bond donors (Lipinski definition) is 3. The average molecular weight is 308 g/mol. The van der Waals surface area contributed by atoms with Gasteiger partial charge in [-0.2, -0.15) is 0 Å². The van der Waals surface area contributed by atoms with E-state index < -0.39 is 0 Å². The monoisotopic (exact) mass is 308 g/mol. The minimum atomic E-state index is -0.0753. The SMILES string of the molecule is NNC(=O)CCCCCCCCCCOc1ccc(O)cc1. The first-order valence-electron chi connectivity index (χ1n) is 8.13. The largest absolute Gasteiger partial charge is 0.508 e. The maximum atomic E-state index is 10.9. The predicted octanol–water partition coefficient (Wildman–Crippen LogP) is 3.27. The van der Waals surface area contributed by atoms with Crippen molar-refractivity contribution in [2.24, 2.45) is 5.84 Å². The molecule has 5 heteroatoms. The van der Waals surface area contributed by atoms with Gasteiger partial charge in [0.25, 0.3) is 0 Å². The summed E-state index contributed by atoms with van der Waals surface area (Å²) in [7, 11) is 0. The van der Waals surface area contributed by atoms with E-state index in [1.54, 1.807) is 24.3 Å². The van der Waals surface area contributed by atoms with E-state index >= 15 is 0 Å². The van der Waals surface area contributed by atoms with Gasteiger partial charge in [-0.25, -0.2) is 5.84 Å². The Bertz CT molecular complexity index is 407. The number of rotatable bonds is 12. The first kappa shape index (κ1) is 18.3. The fourth-order valence-corrected chi connectivity index (χ4v) is 2.25. The predicted molar refractivity (Wildman–Crippen MR) is 87.5 cm³/mol. The highest BCUT2D eigenvalue weighted by Crippen LogP contribution is 2.16. The van der Waals surface area contributed by atoms with Crippen molar-refractivity contribution in [3.05, 3.63) is 24.3 Å². The fraction of sp³-hybridized carbons (Fsp3) is 0.588. The zero-order valence-corrected chi connectivity index (χ0v) is 13.2. The van der Waals surface area contributed by atoms with Crippen LogP contribution in [0.25, 0.3) is 0 Å². The molecule has 5 nitrogen and oxygen atoms in total. The topological polar surface area (TPSA) is 84.6 Å². The van der Waals surface area contributed by atoms with E-state index in [4.69, 9.17) is 15.7 Å². The lowest BCUT2D eigenvalue weighted by molar-refractivity contribution is -0.121. The lowest BCUT2D eigenvalue weighted by Gasteiger charge is -2.06. The van der Waals surface area contributed by atoms with Gasteiger partial charge in [0.15, 0.2) is 0 Å². The number of aromatic hydroxyl groups is 1. The Hall–Kier alpha value is -1.75. The van der Waals surface area contributed by atoms with Gasteiger partial charge in [-0.15, -0.1) is 0 Å². The maximum absolute atomic E-state index is 10.9. The first-order chi connectivity index (χ1) is 10.7. The molecule has 1 rings (SSSR count). The zero-order chi connectivity index (χ0) is 16.0. The van der Waals surface area contributed by atoms with E-state index in [-0.39, 0.29) is 11.7 Å². The van der Waals surface area contributed by atoms with E-state index in [9.17, 15) is 4.79 Å². The molecule has 0 bridgehead atoms. The number of phenolic OH excluding ortho intramolecular Hbond substituents is 1. The molecule has 0 saturated carbocycles. The molecule has 0 aromatic heterocycles. The van der Waals surface area contributed by atoms with Crippen LogP contribution in [-0.4, -0.2) is 17.6 Å². The molecule has 0 spiro atoms. The molecular weight excluding hydrogens is 280 g/mol. The lowest BCUT2D eigenvalue weighted by atomic mass is 10.1. The van der Waals surface area contributed by atoms with Crippen molar-refractivity contribution < 1.29 is 14.6 Å². The first-order valence-corrected chi connectivity index (χ1v) is 8.13. The van der Waals surface area contributed by atoms with Crippen LogP contribution < -0.4 is 16.0 Å². The molecule has 4 N–H and O–H groups in total. The van der Waals surface area contributed by atoms with Gasteiger partial charge >= 0.3 is 0 Å². The van der Waals surface area contributed by atoms with Crippen molar-refractivity contribution in [2.75, 3.05) is 6.61 Å². The Morgan fingerprint density at radius 3 is 2.09 bits per heavy atom. The third kappa shape index (κ3) is 9.23. The number of nitrogens with one attached hydrogen (secondary N) is 1. The molecule has 0 aliphatic heterocycles. The fourth-order valence-electron chi connectivity index (χ4n) is 2.25. The summed E-state index contributed by atoms with van der Waals surface area (Å²) < 4.78 is 5.59. The number of carbonyl (C=O) groups is 1. The minimum Gasteiger partial charge on any atom is -0.508 e. The minimum absolute atomic E-state index is 0.0753. The molecule has 0 unspecified atom stereocenters. The van der Waals surface area contributed by atoms with Crippen LogP contribution in [0.3, 0.4) is 0 Å². The molecule has 0 aliphatic rings. The zero-order valence-electron chi connectivity index (χ0n) is 13.2. The van der Waals surface area contributed by atoms with Crippen molar-refractivity contribution in [1.29, 1.82) is 0 Å². The molecule has 124 valence electrons. The van der Waals surface area contributed by atoms with Crippen LogP contribution in [0, 0.1) is 0 Å². The number of hydrogen-bond acceptors (Lipinski definition) is 4. The third-order valence-electron chi connectivity index (χ3n) is 3.56. The normalized spacial score (nSPS) is 10.4. The molecule has 0 heterocycles. The van der Waals surface area contributed by atoms with Crippen LogP contribution in [0.15, 0.2) is 24.3 Å². The van der Waals surface area contributed by atoms with Crippen molar-refractivity contribution in [2.45, 2.75) is 57.8 Å². The summed E-state index contributed by atoms with van der Waals surface area (Å²) in [6.45, 7) is 0.721. The van der Waals surface area contributed by atoms with E-state index in [1.807, 2.05) is 0 Å². The number of ether oxygens (including phenoxy) is 1. The molecule has 1 aromatic rings. The summed E-state index contributed by atoms with van der Waals surface area (Å²) in [5.74, 6) is 6.01. The van der Waals surface area contributed by atoms with Gasteiger partial charge in [-0.3, -0.25) is 10.2 Å². The van der Waals surface area contributed by atoms with Crippen LogP contribution >= 0.6 is 0 Å². The molecule has 0 atom stereocenters. The maximum Gasteiger partial charge on any atom is 0.233 e. The molecule has 0 radical (unpaired) electrons. The van der Waals surface area contributed by atoms with Crippen LogP contribution in [0.2, 0.25) is 0 Å². The van der Waals surface area contributed by atoms with E-state index in [0.29, 0.717) is 6.42 Å². The van der Waals surface area contributed by atoms with Crippen LogP contribution in [-0.2, 0) is 4.79 Å². The van der Waals surface area contributed by atoms with Crippen molar-refractivity contribution >= 4 is 5.91 Å². The van der Waals surface area contributed by atoms with Crippen molar-refractivity contribution in [3.63, 3.8) is 0 Å². The highest BCUT2D eigenvalue weighted by Gasteiger charge is 1.98. The number of amides is 1. The summed E-state index contributed by atoms with van der Waals surface area (Å²) >= 11 is 0. The van der Waals surface area contributed by atoms with Crippen LogP contribution in [0.4, 0.5) is 0 Å². The molecule has 1 amide bonds. The standard InChI is InChI=1S/C17H28N2O3/c18-19-17(21)9-7-5-3-1-2-4-6-8-14-22-16-12-10-15(20)11-13-16/h10-13,20H,1-9,14,18H2,(H,19,21). The number of benzene rings is 1. The molecule has 0 aliphatic carbocycles. The van der Waals surface area contributed by atoms with Gasteiger partial charge < -0.3 is 9.84 Å². The smallest absolute Gasteiger partial charge is 0.233 e. The Kier molecular flexibility index (Phi) is 9.87. The van der Waals surface area contributed by atoms with Gasteiger partial charge in [0, 0.05) is 6.42 Å². The third-order valence-corrected chi connectivity index (χ3v) is 3.56. The van der Waals surface area contributed by atoms with E-state index in [1.165, 1.54) is 32.1 Å². The Balaban J connectivity index is 1.84. The Labute approximate surface area is 132 Å². The van der Waals surface area contributed by atoms with Gasteiger partial charge in [-0.05, 0) is 37.1 Å². The average Bonchev–Trinajstić information content (AvgIpc) is 2.54. The summed E-state index contributed by atoms with van der Waals surface area (Å²) in [5, 5.41) is 9.16. The lowest BCUT2D eigenvalue weighted by Crippen LogP contribution is -2.29. The summed E-state index contributed by atoms with van der Waals surface area (Å²) in [4.78, 5) is 10.9. The number of hydrazine groups is 1. The number of unbranched alkanes of at least 4 members (excludes halogenated alkanes) is 7. The van der Waals surface area contributed by atoms with Gasteiger partial charge in [-0.1, -0.05) is 38.5 Å². The van der Waals surface area contributed by atoms with Crippen LogP contribution in [0.1, 0.15) is 57.8 Å². The highest BCUT2D eigenvalue weighted by atomic mass is 16.5. The van der Waals surface area contributed by atoms with Crippen LogP contribution in [0.5, 0.6) is 11.5 Å². The quantitative estimate of drug-likeness (QED) is 0.239. The van der Waals surface area contributed by atoms with Crippen molar-refractivity contribution in [3.8, 4) is 11.5 Å². The molecule has 22 heavy (non-hydrogen) atoms. The summed E-state index contributed by atoms with van der Waals surface area (Å²) in [5.41, 5.74) is 2.15. The highest BCUT2D eigenvalue weighted by molar-refractivity contribution is 5.74. The molecule has 0 saturated heterocycles. The van der Waals surface area contributed by atoms with E-state index in [0.717, 1.165) is 31.6 Å². The van der Waals surface area contributed by atoms with Gasteiger partial charge in [0.2, 0.25) is 5.91 Å². The summed E-state index contributed by atoms with van der Waals surface area (Å²) in [6.07, 6.45) is 9.65. The van der Waals surface area contributed by atoms with Crippen molar-refractivity contribution in [1.82, 2.24) is 5.43 Å². The Morgan fingerprint density at radius 1 is 0.955 bits per heavy atom. The molecule has 0 fully saturated rings.